The van der Waals surface area contributed by atoms with Gasteiger partial charge in [0.25, 0.3) is 0 Å². The van der Waals surface area contributed by atoms with E-state index in [1.165, 1.54) is 6.92 Å². The summed E-state index contributed by atoms with van der Waals surface area (Å²) >= 11 is 0. The summed E-state index contributed by atoms with van der Waals surface area (Å²) in [7, 11) is -4.11. The van der Waals surface area contributed by atoms with Crippen molar-refractivity contribution in [1.29, 1.82) is 0 Å². The molecule has 0 aliphatic heterocycles. The van der Waals surface area contributed by atoms with Crippen LogP contribution in [0.15, 0.2) is 35.1 Å². The van der Waals surface area contributed by atoms with Gasteiger partial charge in [-0.15, -0.1) is 0 Å². The lowest BCUT2D eigenvalue weighted by atomic mass is 10.2. The van der Waals surface area contributed by atoms with Crippen molar-refractivity contribution in [3.63, 3.8) is 0 Å². The molecule has 0 saturated heterocycles. The molecule has 0 aromatic rings. The van der Waals surface area contributed by atoms with Crippen LogP contribution in [0.2, 0.25) is 0 Å². The molecule has 0 aromatic carbocycles. The summed E-state index contributed by atoms with van der Waals surface area (Å²) in [6.07, 6.45) is 0.682. The number of rotatable bonds is 5. The highest BCUT2D eigenvalue weighted by molar-refractivity contribution is 7.58. The molecule has 1 atom stereocenters. The molecular weight excluding hydrogens is 469 g/mol. The Morgan fingerprint density at radius 3 is 1.75 bits per heavy atom. The zero-order valence-electron chi connectivity index (χ0n) is 19.4. The van der Waals surface area contributed by atoms with Gasteiger partial charge in [-0.1, -0.05) is 12.7 Å². The van der Waals surface area contributed by atoms with Crippen LogP contribution in [-0.4, -0.2) is 24.0 Å². The minimum Gasteiger partial charge on any atom is -0.354 e. The fourth-order valence-electron chi connectivity index (χ4n) is 1.43. The van der Waals surface area contributed by atoms with E-state index in [9.17, 15) is 14.3 Å². The summed E-state index contributed by atoms with van der Waals surface area (Å²) in [5.41, 5.74) is 13.1. The highest BCUT2D eigenvalue weighted by Gasteiger charge is 2.14. The molecule has 1 unspecified atom stereocenters. The van der Waals surface area contributed by atoms with E-state index in [1.807, 2.05) is 12.6 Å². The van der Waals surface area contributed by atoms with Gasteiger partial charge in [-0.25, -0.2) is 4.57 Å². The second-order valence-electron chi connectivity index (χ2n) is 5.46. The molecule has 0 spiro atoms. The Bertz CT molecular complexity index is 1650. The van der Waals surface area contributed by atoms with E-state index in [1.54, 1.807) is 0 Å². The molecule has 6 heteroatoms. The topological polar surface area (TPSA) is 75.6 Å². The summed E-state index contributed by atoms with van der Waals surface area (Å²) in [5.74, 6) is 41.7. The van der Waals surface area contributed by atoms with Gasteiger partial charge < -0.3 is 10.2 Å². The number of nitrogens with one attached hydrogen (secondary N) is 1. The van der Waals surface area contributed by atoms with E-state index in [0.717, 1.165) is 5.57 Å². The smallest absolute Gasteiger partial charge is 0.354 e. The third kappa shape index (κ3) is 21.7. The summed E-state index contributed by atoms with van der Waals surface area (Å²) in [6, 6.07) is 0. The summed E-state index contributed by atoms with van der Waals surface area (Å²) in [6.45, 7) is 6.55. The third-order valence-corrected chi connectivity index (χ3v) is 3.74. The van der Waals surface area contributed by atoms with Gasteiger partial charge in [-0.2, -0.15) is 0 Å². The average Bonchev–Trinajstić information content (AvgIpc) is 2.84. The Morgan fingerprint density at radius 1 is 0.833 bits per heavy atom. The van der Waals surface area contributed by atoms with Crippen molar-refractivity contribution in [3.8, 4) is 106 Å². The van der Waals surface area contributed by atoms with E-state index in [0.29, 0.717) is 6.42 Å². The minimum atomic E-state index is -4.11. The normalized spacial score (nSPS) is 8.08. The van der Waals surface area contributed by atoms with Gasteiger partial charge in [0.1, 0.15) is 0 Å². The van der Waals surface area contributed by atoms with Crippen molar-refractivity contribution in [3.05, 3.63) is 35.1 Å². The van der Waals surface area contributed by atoms with Crippen LogP contribution in [0.3, 0.4) is 0 Å². The second-order valence-corrected chi connectivity index (χ2v) is 6.98. The van der Waals surface area contributed by atoms with E-state index >= 15 is 0 Å². The van der Waals surface area contributed by atoms with Gasteiger partial charge in [0.2, 0.25) is 5.91 Å². The minimum absolute atomic E-state index is 0.0916. The predicted octanol–water partition coefficient (Wildman–Crippen LogP) is 1.90. The molecule has 0 fully saturated rings. The molecule has 2 N–H and O–H groups in total. The lowest BCUT2D eigenvalue weighted by Crippen LogP contribution is -2.23. The first-order chi connectivity index (χ1) is 17.4. The molecule has 0 aliphatic rings. The van der Waals surface area contributed by atoms with Crippen LogP contribution in [0.1, 0.15) is 20.3 Å². The Labute approximate surface area is 212 Å². The van der Waals surface area contributed by atoms with Gasteiger partial charge in [0.15, 0.2) is 0 Å². The zero-order chi connectivity index (χ0) is 26.7. The van der Waals surface area contributed by atoms with Crippen molar-refractivity contribution in [1.82, 2.24) is 5.32 Å². The average molecular weight is 485 g/mol. The van der Waals surface area contributed by atoms with Crippen LogP contribution in [0, 0.1) is 106 Å². The molecule has 0 radical (unpaired) electrons. The van der Waals surface area contributed by atoms with E-state index in [4.69, 9.17) is 0 Å². The van der Waals surface area contributed by atoms with Gasteiger partial charge in [-0.05, 0) is 131 Å². The second kappa shape index (κ2) is 21.4. The molecule has 0 rings (SSSR count). The summed E-state index contributed by atoms with van der Waals surface area (Å²) < 4.78 is 16.2. The summed E-state index contributed by atoms with van der Waals surface area (Å²) in [4.78, 5) is 20.1. The van der Waals surface area contributed by atoms with Crippen molar-refractivity contribution < 1.29 is 18.8 Å². The highest BCUT2D eigenvalue weighted by Crippen LogP contribution is 2.39. The van der Waals surface area contributed by atoms with Gasteiger partial charge >= 0.3 is 7.60 Å². The molecule has 170 valence electrons. The molecule has 5 nitrogen and oxygen atoms in total. The molecule has 0 aliphatic carbocycles. The van der Waals surface area contributed by atoms with Crippen LogP contribution in [0.25, 0.3) is 0 Å². The maximum Gasteiger partial charge on any atom is 0.404 e. The number of hydrogen-bond donors (Lipinski definition) is 2. The maximum atomic E-state index is 11.6. The van der Waals surface area contributed by atoms with Gasteiger partial charge in [0, 0.05) is 19.1 Å². The predicted molar refractivity (Wildman–Crippen MR) is 138 cm³/mol. The molecule has 0 heterocycles. The number of amides is 1. The Kier molecular flexibility index (Phi) is 18.1. The quantitative estimate of drug-likeness (QED) is 0.270. The first kappa shape index (κ1) is 30.5. The maximum absolute atomic E-state index is 11.6. The Morgan fingerprint density at radius 2 is 1.31 bits per heavy atom. The number of allylic oxidation sites excluding steroid dienone is 1. The monoisotopic (exact) mass is 485 g/mol. The molecule has 0 bridgehead atoms. The van der Waals surface area contributed by atoms with E-state index < -0.39 is 7.60 Å². The SMILES string of the molecule is C=C=C=C=C=C(C#CC#CC#CC#CC#CC#CC#CC#CC#CP(=O)(O)OCCNC(C)=O)CC. The standard InChI is InChI=1S/C30H16NO4P/c1-4-6-21-24-30(5-2)25-22-19-17-15-13-11-9-7-8-10-12-14-16-18-20-23-28-36(33,34)35-27-26-31-29(3)32/h1,5,26-27H2,2-3H3,(H,31,32)(H,33,34). The van der Waals surface area contributed by atoms with Gasteiger partial charge in [-0.3, -0.25) is 9.32 Å². The van der Waals surface area contributed by atoms with Crippen molar-refractivity contribution in [2.75, 3.05) is 13.2 Å². The van der Waals surface area contributed by atoms with Crippen LogP contribution >= 0.6 is 7.60 Å². The molecule has 1 amide bonds. The third-order valence-electron chi connectivity index (χ3n) is 2.81. The Balaban J connectivity index is 4.67. The molecule has 36 heavy (non-hydrogen) atoms. The Hall–Kier alpha value is -5.48. The number of hydrogen-bond acceptors (Lipinski definition) is 3. The molecule has 0 saturated carbocycles. The van der Waals surface area contributed by atoms with Crippen molar-refractivity contribution in [2.24, 2.45) is 0 Å². The molecule has 0 aromatic heterocycles. The van der Waals surface area contributed by atoms with E-state index in [2.05, 4.69) is 140 Å². The van der Waals surface area contributed by atoms with Crippen LogP contribution < -0.4 is 5.32 Å². The lowest BCUT2D eigenvalue weighted by molar-refractivity contribution is -0.119. The highest BCUT2D eigenvalue weighted by atomic mass is 31.2. The largest absolute Gasteiger partial charge is 0.404 e. The van der Waals surface area contributed by atoms with Crippen LogP contribution in [0.5, 0.6) is 0 Å². The van der Waals surface area contributed by atoms with Crippen molar-refractivity contribution >= 4 is 13.5 Å². The lowest BCUT2D eigenvalue weighted by Gasteiger charge is -2.05. The van der Waals surface area contributed by atoms with Crippen LogP contribution in [-0.2, 0) is 13.9 Å². The zero-order valence-corrected chi connectivity index (χ0v) is 20.3. The van der Waals surface area contributed by atoms with Crippen LogP contribution in [0.4, 0.5) is 0 Å². The number of carbonyl (C=O) groups is 1. The fraction of sp³-hybridized carbons (Fsp3) is 0.167. The van der Waals surface area contributed by atoms with Crippen molar-refractivity contribution in [2.45, 2.75) is 20.3 Å². The summed E-state index contributed by atoms with van der Waals surface area (Å²) in [5, 5.41) is 2.41. The molecular formula is C30H16NO4P. The van der Waals surface area contributed by atoms with Gasteiger partial charge in [0.05, 0.1) is 12.2 Å². The first-order valence-corrected chi connectivity index (χ1v) is 11.4. The van der Waals surface area contributed by atoms with E-state index in [-0.39, 0.29) is 19.1 Å². The first-order valence-electron chi connectivity index (χ1n) is 9.80. The fourth-order valence-corrected chi connectivity index (χ4v) is 2.03. The number of carbonyl (C=O) groups excluding carboxylic acids is 1.